The number of aromatic nitrogens is 1. The number of rotatable bonds is 1. The average molecular weight is 356 g/mol. The van der Waals surface area contributed by atoms with Gasteiger partial charge in [-0.05, 0) is 18.2 Å². The van der Waals surface area contributed by atoms with E-state index in [4.69, 9.17) is 0 Å². The first-order chi connectivity index (χ1) is 13.0. The molecule has 0 spiro atoms. The third-order valence-corrected chi connectivity index (χ3v) is 5.25. The lowest BCUT2D eigenvalue weighted by atomic mass is 9.82. The molecule has 3 aromatic carbocycles. The van der Waals surface area contributed by atoms with Crippen LogP contribution in [-0.4, -0.2) is 21.1 Å². The molecule has 6 heteroatoms. The lowest BCUT2D eigenvalue weighted by Gasteiger charge is -2.18. The number of fused-ring (bicyclic) bond motifs is 6. The second-order valence-electron chi connectivity index (χ2n) is 6.58. The standard InChI is InChI=1S/C21H12N2O4/c1-22-15-7-3-2-5-11(15)12-9-10-14-18(19(12)22)21(25)13-6-4-8-16(23(26)27)17(13)20(14)24/h2-10H,1H3. The average Bonchev–Trinajstić information content (AvgIpc) is 2.98. The molecule has 0 saturated carbocycles. The van der Waals surface area contributed by atoms with Gasteiger partial charge >= 0.3 is 0 Å². The van der Waals surface area contributed by atoms with E-state index in [1.54, 1.807) is 12.1 Å². The molecule has 0 unspecified atom stereocenters. The van der Waals surface area contributed by atoms with Crippen LogP contribution in [0.4, 0.5) is 5.69 Å². The van der Waals surface area contributed by atoms with Gasteiger partial charge < -0.3 is 4.57 Å². The third kappa shape index (κ3) is 1.84. The van der Waals surface area contributed by atoms with E-state index in [9.17, 15) is 19.7 Å². The predicted molar refractivity (Wildman–Crippen MR) is 100 cm³/mol. The molecule has 0 N–H and O–H groups in total. The van der Waals surface area contributed by atoms with E-state index in [0.717, 1.165) is 16.3 Å². The number of benzene rings is 3. The molecule has 0 fully saturated rings. The summed E-state index contributed by atoms with van der Waals surface area (Å²) in [5.74, 6) is -0.848. The summed E-state index contributed by atoms with van der Waals surface area (Å²) < 4.78 is 1.90. The van der Waals surface area contributed by atoms with E-state index in [1.807, 2.05) is 35.9 Å². The summed E-state index contributed by atoms with van der Waals surface area (Å²) in [5.41, 5.74) is 1.76. The number of carbonyl (C=O) groups excluding carboxylic acids is 2. The van der Waals surface area contributed by atoms with Gasteiger partial charge in [-0.1, -0.05) is 30.3 Å². The van der Waals surface area contributed by atoms with Crippen molar-refractivity contribution in [2.75, 3.05) is 0 Å². The zero-order valence-electron chi connectivity index (χ0n) is 14.2. The number of carbonyl (C=O) groups is 2. The maximum absolute atomic E-state index is 13.3. The van der Waals surface area contributed by atoms with Crippen molar-refractivity contribution in [3.8, 4) is 0 Å². The Kier molecular flexibility index (Phi) is 2.92. The summed E-state index contributed by atoms with van der Waals surface area (Å²) in [6.07, 6.45) is 0. The van der Waals surface area contributed by atoms with Gasteiger partial charge in [-0.15, -0.1) is 0 Å². The molecule has 1 aromatic heterocycles. The molecule has 1 aliphatic rings. The van der Waals surface area contributed by atoms with Crippen molar-refractivity contribution in [1.82, 2.24) is 4.57 Å². The zero-order chi connectivity index (χ0) is 18.9. The van der Waals surface area contributed by atoms with Crippen molar-refractivity contribution < 1.29 is 14.5 Å². The number of nitro benzene ring substituents is 1. The topological polar surface area (TPSA) is 82.2 Å². The Labute approximate surface area is 152 Å². The van der Waals surface area contributed by atoms with Crippen LogP contribution in [0.5, 0.6) is 0 Å². The molecule has 5 rings (SSSR count). The monoisotopic (exact) mass is 356 g/mol. The van der Waals surface area contributed by atoms with Crippen molar-refractivity contribution in [3.63, 3.8) is 0 Å². The number of hydrogen-bond acceptors (Lipinski definition) is 4. The van der Waals surface area contributed by atoms with Gasteiger partial charge in [0.1, 0.15) is 5.56 Å². The van der Waals surface area contributed by atoms with E-state index < -0.39 is 10.7 Å². The summed E-state index contributed by atoms with van der Waals surface area (Å²) in [5, 5.41) is 13.2. The van der Waals surface area contributed by atoms with Gasteiger partial charge in [-0.3, -0.25) is 19.7 Å². The van der Waals surface area contributed by atoms with Crippen LogP contribution in [0.3, 0.4) is 0 Å². The Morgan fingerprint density at radius 3 is 2.30 bits per heavy atom. The van der Waals surface area contributed by atoms with Gasteiger partial charge in [-0.25, -0.2) is 0 Å². The van der Waals surface area contributed by atoms with Crippen LogP contribution >= 0.6 is 0 Å². The Hall–Kier alpha value is -3.80. The van der Waals surface area contributed by atoms with Crippen LogP contribution in [0, 0.1) is 10.1 Å². The van der Waals surface area contributed by atoms with E-state index >= 15 is 0 Å². The lowest BCUT2D eigenvalue weighted by molar-refractivity contribution is -0.385. The fourth-order valence-electron chi connectivity index (χ4n) is 4.08. The molecular formula is C21H12N2O4. The van der Waals surface area contributed by atoms with Crippen LogP contribution < -0.4 is 0 Å². The Morgan fingerprint density at radius 1 is 0.815 bits per heavy atom. The largest absolute Gasteiger partial charge is 0.343 e. The highest BCUT2D eigenvalue weighted by Crippen LogP contribution is 2.39. The van der Waals surface area contributed by atoms with Crippen LogP contribution in [0.25, 0.3) is 21.8 Å². The molecule has 27 heavy (non-hydrogen) atoms. The molecule has 1 heterocycles. The van der Waals surface area contributed by atoms with Gasteiger partial charge in [0.25, 0.3) is 5.69 Å². The van der Waals surface area contributed by atoms with Crippen molar-refractivity contribution in [1.29, 1.82) is 0 Å². The Balaban J connectivity index is 1.93. The maximum atomic E-state index is 13.3. The molecule has 0 bridgehead atoms. The van der Waals surface area contributed by atoms with E-state index in [2.05, 4.69) is 0 Å². The molecule has 0 radical (unpaired) electrons. The van der Waals surface area contributed by atoms with E-state index in [0.29, 0.717) is 11.1 Å². The summed E-state index contributed by atoms with van der Waals surface area (Å²) in [6, 6.07) is 15.3. The number of aryl methyl sites for hydroxylation is 1. The minimum Gasteiger partial charge on any atom is -0.343 e. The molecule has 0 aliphatic heterocycles. The number of nitro groups is 1. The molecule has 1 aliphatic carbocycles. The molecule has 130 valence electrons. The SMILES string of the molecule is Cn1c2ccccc2c2ccc3c(c21)C(=O)c1cccc([N+](=O)[O-])c1C3=O. The fourth-order valence-corrected chi connectivity index (χ4v) is 4.08. The molecule has 4 aromatic rings. The maximum Gasteiger partial charge on any atom is 0.281 e. The normalized spacial score (nSPS) is 13.1. The van der Waals surface area contributed by atoms with Crippen LogP contribution in [0.2, 0.25) is 0 Å². The van der Waals surface area contributed by atoms with Gasteiger partial charge in [0, 0.05) is 40.5 Å². The van der Waals surface area contributed by atoms with Crippen molar-refractivity contribution in [3.05, 3.63) is 87.0 Å². The molecule has 0 saturated heterocycles. The summed E-state index contributed by atoms with van der Waals surface area (Å²) >= 11 is 0. The van der Waals surface area contributed by atoms with Crippen molar-refractivity contribution in [2.24, 2.45) is 7.05 Å². The quantitative estimate of drug-likeness (QED) is 0.336. The van der Waals surface area contributed by atoms with Crippen molar-refractivity contribution in [2.45, 2.75) is 0 Å². The number of nitrogens with zero attached hydrogens (tertiary/aromatic N) is 2. The smallest absolute Gasteiger partial charge is 0.281 e. The molecular weight excluding hydrogens is 344 g/mol. The van der Waals surface area contributed by atoms with Crippen molar-refractivity contribution >= 4 is 39.1 Å². The lowest BCUT2D eigenvalue weighted by Crippen LogP contribution is -2.23. The van der Waals surface area contributed by atoms with Gasteiger partial charge in [-0.2, -0.15) is 0 Å². The number of hydrogen-bond donors (Lipinski definition) is 0. The second kappa shape index (κ2) is 5.11. The van der Waals surface area contributed by atoms with Crippen LogP contribution in [-0.2, 0) is 7.05 Å². The third-order valence-electron chi connectivity index (χ3n) is 5.25. The second-order valence-corrected chi connectivity index (χ2v) is 6.58. The fraction of sp³-hybridized carbons (Fsp3) is 0.0476. The number of ketones is 2. The minimum absolute atomic E-state index is 0.0828. The van der Waals surface area contributed by atoms with Gasteiger partial charge in [0.2, 0.25) is 5.78 Å². The van der Waals surface area contributed by atoms with Gasteiger partial charge in [0.05, 0.1) is 16.0 Å². The Morgan fingerprint density at radius 2 is 1.52 bits per heavy atom. The van der Waals surface area contributed by atoms with E-state index in [-0.39, 0.29) is 28.2 Å². The molecule has 6 nitrogen and oxygen atoms in total. The number of para-hydroxylation sites is 1. The summed E-state index contributed by atoms with van der Waals surface area (Å²) in [4.78, 5) is 37.1. The molecule has 0 amide bonds. The minimum atomic E-state index is -0.621. The first kappa shape index (κ1) is 15.5. The van der Waals surface area contributed by atoms with E-state index in [1.165, 1.54) is 18.2 Å². The zero-order valence-corrected chi connectivity index (χ0v) is 14.2. The first-order valence-electron chi connectivity index (χ1n) is 8.37. The summed E-state index contributed by atoms with van der Waals surface area (Å²) in [6.45, 7) is 0. The predicted octanol–water partition coefficient (Wildman–Crippen LogP) is 4.02. The summed E-state index contributed by atoms with van der Waals surface area (Å²) in [7, 11) is 1.85. The van der Waals surface area contributed by atoms with Gasteiger partial charge in [0.15, 0.2) is 5.78 Å². The first-order valence-corrected chi connectivity index (χ1v) is 8.37. The van der Waals surface area contributed by atoms with Crippen LogP contribution in [0.15, 0.2) is 54.6 Å². The molecule has 0 atom stereocenters. The Bertz CT molecular complexity index is 1350. The highest BCUT2D eigenvalue weighted by atomic mass is 16.6. The highest BCUT2D eigenvalue weighted by molar-refractivity contribution is 6.34. The van der Waals surface area contributed by atoms with Crippen LogP contribution in [0.1, 0.15) is 31.8 Å². The highest BCUT2D eigenvalue weighted by Gasteiger charge is 2.37.